The molecule has 0 unspecified atom stereocenters. The third kappa shape index (κ3) is 6.48. The molecule has 1 aromatic rings. The number of hydrogen-bond donors (Lipinski definition) is 1. The Bertz CT molecular complexity index is 527. The third-order valence-electron chi connectivity index (χ3n) is 3.47. The summed E-state index contributed by atoms with van der Waals surface area (Å²) in [6.07, 6.45) is 3.98. The number of nitrogens with zero attached hydrogens (tertiary/aromatic N) is 1. The van der Waals surface area contributed by atoms with Gasteiger partial charge in [0.05, 0.1) is 5.56 Å². The topological polar surface area (TPSA) is 72.6 Å². The molecule has 0 saturated carbocycles. The first-order chi connectivity index (χ1) is 11.0. The Labute approximate surface area is 142 Å². The van der Waals surface area contributed by atoms with Crippen molar-refractivity contribution in [2.45, 2.75) is 39.5 Å². The van der Waals surface area contributed by atoms with E-state index in [1.807, 2.05) is 4.90 Å². The van der Waals surface area contributed by atoms with E-state index in [0.29, 0.717) is 5.02 Å². The Morgan fingerprint density at radius 3 is 2.30 bits per heavy atom. The van der Waals surface area contributed by atoms with E-state index in [2.05, 4.69) is 13.8 Å². The molecule has 23 heavy (non-hydrogen) atoms. The fourth-order valence-electron chi connectivity index (χ4n) is 2.11. The van der Waals surface area contributed by atoms with Crippen LogP contribution in [0, 0.1) is 0 Å². The molecule has 6 heteroatoms. The highest BCUT2D eigenvalue weighted by molar-refractivity contribution is 6.31. The number of carbonyl (C=O) groups excluding carboxylic acids is 2. The van der Waals surface area contributed by atoms with E-state index in [-0.39, 0.29) is 23.8 Å². The Morgan fingerprint density at radius 1 is 1.17 bits per heavy atom. The number of rotatable bonds is 10. The van der Waals surface area contributed by atoms with Crippen molar-refractivity contribution in [3.8, 4) is 5.75 Å². The molecule has 2 N–H and O–H groups in total. The molecule has 0 spiro atoms. The SMILES string of the molecule is CCCCN(CCCC)C(=O)COc1ccc(Cl)cc1C(N)=O. The summed E-state index contributed by atoms with van der Waals surface area (Å²) in [7, 11) is 0. The number of hydrogen-bond acceptors (Lipinski definition) is 3. The van der Waals surface area contributed by atoms with Gasteiger partial charge in [0.2, 0.25) is 0 Å². The molecule has 0 aliphatic carbocycles. The molecule has 0 aliphatic rings. The van der Waals surface area contributed by atoms with E-state index in [1.165, 1.54) is 6.07 Å². The highest BCUT2D eigenvalue weighted by atomic mass is 35.5. The molecule has 0 fully saturated rings. The maximum atomic E-state index is 12.3. The first kappa shape index (κ1) is 19.3. The van der Waals surface area contributed by atoms with Gasteiger partial charge in [-0.25, -0.2) is 0 Å². The zero-order valence-corrected chi connectivity index (χ0v) is 14.6. The first-order valence-electron chi connectivity index (χ1n) is 7.99. The van der Waals surface area contributed by atoms with E-state index in [1.54, 1.807) is 12.1 Å². The summed E-state index contributed by atoms with van der Waals surface area (Å²) in [6.45, 7) is 5.51. The van der Waals surface area contributed by atoms with Crippen molar-refractivity contribution in [2.75, 3.05) is 19.7 Å². The lowest BCUT2D eigenvalue weighted by Gasteiger charge is -2.22. The quantitative estimate of drug-likeness (QED) is 0.710. The summed E-state index contributed by atoms with van der Waals surface area (Å²) in [6, 6.07) is 4.59. The summed E-state index contributed by atoms with van der Waals surface area (Å²) >= 11 is 5.85. The third-order valence-corrected chi connectivity index (χ3v) is 3.71. The number of unbranched alkanes of at least 4 members (excludes halogenated alkanes) is 2. The van der Waals surface area contributed by atoms with Gasteiger partial charge >= 0.3 is 0 Å². The van der Waals surface area contributed by atoms with Crippen molar-refractivity contribution in [1.82, 2.24) is 4.90 Å². The minimum absolute atomic E-state index is 0.0859. The highest BCUT2D eigenvalue weighted by Gasteiger charge is 2.16. The second-order valence-electron chi connectivity index (χ2n) is 5.38. The lowest BCUT2D eigenvalue weighted by atomic mass is 10.2. The molecule has 5 nitrogen and oxygen atoms in total. The average Bonchev–Trinajstić information content (AvgIpc) is 2.53. The van der Waals surface area contributed by atoms with Gasteiger partial charge in [0.15, 0.2) is 6.61 Å². The molecule has 0 radical (unpaired) electrons. The normalized spacial score (nSPS) is 10.4. The molecule has 0 saturated heterocycles. The predicted molar refractivity (Wildman–Crippen MR) is 91.9 cm³/mol. The number of carbonyl (C=O) groups is 2. The average molecular weight is 341 g/mol. The summed E-state index contributed by atoms with van der Waals surface area (Å²) < 4.78 is 5.51. The standard InChI is InChI=1S/C17H25ClN2O3/c1-3-5-9-20(10-6-4-2)16(21)12-23-15-8-7-13(18)11-14(15)17(19)22/h7-8,11H,3-6,9-10,12H2,1-2H3,(H2,19,22). The predicted octanol–water partition coefficient (Wildman–Crippen LogP) is 3.25. The van der Waals surface area contributed by atoms with Gasteiger partial charge in [-0.3, -0.25) is 9.59 Å². The van der Waals surface area contributed by atoms with Crippen molar-refractivity contribution in [3.05, 3.63) is 28.8 Å². The summed E-state index contributed by atoms with van der Waals surface area (Å²) in [5.41, 5.74) is 5.49. The van der Waals surface area contributed by atoms with Crippen LogP contribution >= 0.6 is 11.6 Å². The fourth-order valence-corrected chi connectivity index (χ4v) is 2.28. The second-order valence-corrected chi connectivity index (χ2v) is 5.82. The lowest BCUT2D eigenvalue weighted by Crippen LogP contribution is -2.36. The summed E-state index contributed by atoms with van der Waals surface area (Å²) in [4.78, 5) is 25.6. The number of ether oxygens (including phenoxy) is 1. The van der Waals surface area contributed by atoms with Gasteiger partial charge in [0, 0.05) is 18.1 Å². The van der Waals surface area contributed by atoms with Crippen LogP contribution in [0.1, 0.15) is 49.9 Å². The molecule has 128 valence electrons. The van der Waals surface area contributed by atoms with Gasteiger partial charge in [-0.1, -0.05) is 38.3 Å². The molecule has 0 heterocycles. The summed E-state index contributed by atoms with van der Waals surface area (Å²) in [5.74, 6) is -0.442. The number of halogens is 1. The number of benzene rings is 1. The van der Waals surface area contributed by atoms with E-state index in [9.17, 15) is 9.59 Å². The first-order valence-corrected chi connectivity index (χ1v) is 8.37. The van der Waals surface area contributed by atoms with E-state index < -0.39 is 5.91 Å². The zero-order chi connectivity index (χ0) is 17.2. The van der Waals surface area contributed by atoms with Crippen molar-refractivity contribution in [1.29, 1.82) is 0 Å². The molecule has 1 aromatic carbocycles. The van der Waals surface area contributed by atoms with Gasteiger partial charge < -0.3 is 15.4 Å². The van der Waals surface area contributed by atoms with Gasteiger partial charge in [0.1, 0.15) is 5.75 Å². The maximum Gasteiger partial charge on any atom is 0.260 e. The molecule has 1 rings (SSSR count). The summed E-state index contributed by atoms with van der Waals surface area (Å²) in [5, 5.41) is 0.394. The number of nitrogens with two attached hydrogens (primary N) is 1. The van der Waals surface area contributed by atoms with E-state index in [0.717, 1.165) is 38.8 Å². The Hall–Kier alpha value is -1.75. The van der Waals surface area contributed by atoms with Gasteiger partial charge in [-0.15, -0.1) is 0 Å². The maximum absolute atomic E-state index is 12.3. The van der Waals surface area contributed by atoms with Crippen molar-refractivity contribution in [3.63, 3.8) is 0 Å². The molecular weight excluding hydrogens is 316 g/mol. The van der Waals surface area contributed by atoms with Gasteiger partial charge in [-0.05, 0) is 31.0 Å². The zero-order valence-electron chi connectivity index (χ0n) is 13.8. The van der Waals surface area contributed by atoms with Gasteiger partial charge in [0.25, 0.3) is 11.8 Å². The molecule has 0 atom stereocenters. The minimum Gasteiger partial charge on any atom is -0.483 e. The van der Waals surface area contributed by atoms with Crippen LogP contribution < -0.4 is 10.5 Å². The van der Waals surface area contributed by atoms with Crippen LogP contribution in [0.2, 0.25) is 5.02 Å². The highest BCUT2D eigenvalue weighted by Crippen LogP contribution is 2.22. The van der Waals surface area contributed by atoms with Crippen LogP contribution in [0.15, 0.2) is 18.2 Å². The number of amides is 2. The fraction of sp³-hybridized carbons (Fsp3) is 0.529. The van der Waals surface area contributed by atoms with Gasteiger partial charge in [-0.2, -0.15) is 0 Å². The van der Waals surface area contributed by atoms with Crippen LogP contribution in [-0.4, -0.2) is 36.4 Å². The molecule has 2 amide bonds. The van der Waals surface area contributed by atoms with Crippen LogP contribution in [0.4, 0.5) is 0 Å². The Kier molecular flexibility index (Phi) is 8.48. The smallest absolute Gasteiger partial charge is 0.260 e. The van der Waals surface area contributed by atoms with Crippen LogP contribution in [0.5, 0.6) is 5.75 Å². The lowest BCUT2D eigenvalue weighted by molar-refractivity contribution is -0.133. The van der Waals surface area contributed by atoms with Crippen LogP contribution in [0.25, 0.3) is 0 Å². The van der Waals surface area contributed by atoms with Crippen LogP contribution in [0.3, 0.4) is 0 Å². The monoisotopic (exact) mass is 340 g/mol. The van der Waals surface area contributed by atoms with Crippen molar-refractivity contribution < 1.29 is 14.3 Å². The molecule has 0 aliphatic heterocycles. The van der Waals surface area contributed by atoms with Crippen LogP contribution in [-0.2, 0) is 4.79 Å². The number of primary amides is 1. The molecule has 0 aromatic heterocycles. The largest absolute Gasteiger partial charge is 0.483 e. The van der Waals surface area contributed by atoms with Crippen molar-refractivity contribution in [2.24, 2.45) is 5.73 Å². The second kappa shape index (κ2) is 10.1. The minimum atomic E-state index is -0.635. The van der Waals surface area contributed by atoms with Crippen molar-refractivity contribution >= 4 is 23.4 Å². The Balaban J connectivity index is 2.70. The molecular formula is C17H25ClN2O3. The Morgan fingerprint density at radius 2 is 1.78 bits per heavy atom. The van der Waals surface area contributed by atoms with E-state index in [4.69, 9.17) is 22.1 Å². The van der Waals surface area contributed by atoms with E-state index >= 15 is 0 Å². The molecule has 0 bridgehead atoms.